The van der Waals surface area contributed by atoms with Gasteiger partial charge in [-0.1, -0.05) is 0 Å². The van der Waals surface area contributed by atoms with E-state index in [-0.39, 0.29) is 17.6 Å². The van der Waals surface area contributed by atoms with Crippen LogP contribution in [-0.4, -0.2) is 36.6 Å². The Labute approximate surface area is 112 Å². The second-order valence-electron chi connectivity index (χ2n) is 4.99. The number of anilines is 1. The number of hydrogen-bond donors (Lipinski definition) is 1. The summed E-state index contributed by atoms with van der Waals surface area (Å²) in [6.07, 6.45) is 0.732. The van der Waals surface area contributed by atoms with Crippen LogP contribution in [0.25, 0.3) is 0 Å². The molecule has 1 fully saturated rings. The van der Waals surface area contributed by atoms with E-state index in [0.29, 0.717) is 30.9 Å². The fourth-order valence-electron chi connectivity index (χ4n) is 2.30. The lowest BCUT2D eigenvalue weighted by atomic mass is 10.1. The van der Waals surface area contributed by atoms with Gasteiger partial charge in [-0.05, 0) is 38.0 Å². The summed E-state index contributed by atoms with van der Waals surface area (Å²) in [5.41, 5.74) is 6.53. The second-order valence-corrected chi connectivity index (χ2v) is 4.99. The molecule has 0 radical (unpaired) electrons. The molecule has 1 atom stereocenters. The van der Waals surface area contributed by atoms with E-state index >= 15 is 0 Å². The molecule has 19 heavy (non-hydrogen) atoms. The highest BCUT2D eigenvalue weighted by molar-refractivity contribution is 5.95. The monoisotopic (exact) mass is 266 g/mol. The fraction of sp³-hybridized carbons (Fsp3) is 0.500. The lowest BCUT2D eigenvalue weighted by molar-refractivity contribution is 0.0560. The van der Waals surface area contributed by atoms with E-state index < -0.39 is 5.82 Å². The highest BCUT2D eigenvalue weighted by Crippen LogP contribution is 2.20. The van der Waals surface area contributed by atoms with Crippen molar-refractivity contribution < 1.29 is 13.9 Å². The molecule has 1 aromatic carbocycles. The molecule has 1 aromatic rings. The number of carbonyl (C=O) groups is 1. The van der Waals surface area contributed by atoms with Gasteiger partial charge >= 0.3 is 0 Å². The van der Waals surface area contributed by atoms with Gasteiger partial charge in [-0.3, -0.25) is 4.79 Å². The maximum atomic E-state index is 14.1. The van der Waals surface area contributed by atoms with Gasteiger partial charge in [0.2, 0.25) is 0 Å². The zero-order valence-corrected chi connectivity index (χ0v) is 11.3. The van der Waals surface area contributed by atoms with Crippen LogP contribution >= 0.6 is 0 Å². The normalized spacial score (nSPS) is 20.2. The highest BCUT2D eigenvalue weighted by Gasteiger charge is 2.24. The summed E-state index contributed by atoms with van der Waals surface area (Å²) in [6.45, 7) is 5.20. The van der Waals surface area contributed by atoms with Crippen molar-refractivity contribution in [1.29, 1.82) is 0 Å². The van der Waals surface area contributed by atoms with Crippen molar-refractivity contribution in [2.75, 3.05) is 25.4 Å². The first-order valence-corrected chi connectivity index (χ1v) is 6.45. The van der Waals surface area contributed by atoms with Crippen LogP contribution in [0.2, 0.25) is 0 Å². The minimum Gasteiger partial charge on any atom is -0.399 e. The SMILES string of the molecule is Cc1cc(N)cc(C(=O)N2CCCOC(C)C2)c1F. The van der Waals surface area contributed by atoms with Crippen molar-refractivity contribution in [3.8, 4) is 0 Å². The third-order valence-corrected chi connectivity index (χ3v) is 3.25. The van der Waals surface area contributed by atoms with E-state index in [2.05, 4.69) is 0 Å². The minimum atomic E-state index is -0.489. The second kappa shape index (κ2) is 5.57. The molecular formula is C14H19FN2O2. The number of hydrogen-bond acceptors (Lipinski definition) is 3. The summed E-state index contributed by atoms with van der Waals surface area (Å²) in [5, 5.41) is 0. The van der Waals surface area contributed by atoms with Crippen molar-refractivity contribution in [3.63, 3.8) is 0 Å². The van der Waals surface area contributed by atoms with Crippen LogP contribution in [0.15, 0.2) is 12.1 Å². The van der Waals surface area contributed by atoms with Gasteiger partial charge in [-0.25, -0.2) is 4.39 Å². The topological polar surface area (TPSA) is 55.6 Å². The molecule has 1 unspecified atom stereocenters. The molecule has 0 aliphatic carbocycles. The third kappa shape index (κ3) is 3.04. The van der Waals surface area contributed by atoms with E-state index in [4.69, 9.17) is 10.5 Å². The number of benzene rings is 1. The molecule has 1 aliphatic heterocycles. The average Bonchev–Trinajstić information content (AvgIpc) is 2.57. The molecule has 0 aromatic heterocycles. The average molecular weight is 266 g/mol. The Morgan fingerprint density at radius 3 is 3.00 bits per heavy atom. The Bertz CT molecular complexity index is 491. The Morgan fingerprint density at radius 2 is 2.26 bits per heavy atom. The predicted molar refractivity (Wildman–Crippen MR) is 71.5 cm³/mol. The van der Waals surface area contributed by atoms with Crippen LogP contribution in [0.3, 0.4) is 0 Å². The molecule has 0 bridgehead atoms. The molecule has 1 heterocycles. The van der Waals surface area contributed by atoms with Crippen LogP contribution in [0.4, 0.5) is 10.1 Å². The molecule has 4 nitrogen and oxygen atoms in total. The molecule has 5 heteroatoms. The van der Waals surface area contributed by atoms with Gasteiger partial charge in [-0.15, -0.1) is 0 Å². The summed E-state index contributed by atoms with van der Waals surface area (Å²) in [4.78, 5) is 14.0. The first-order chi connectivity index (χ1) is 8.99. The number of aryl methyl sites for hydroxylation is 1. The number of halogens is 1. The van der Waals surface area contributed by atoms with Crippen LogP contribution in [0.1, 0.15) is 29.3 Å². The number of nitrogens with two attached hydrogens (primary N) is 1. The molecule has 104 valence electrons. The molecule has 0 spiro atoms. The number of carbonyl (C=O) groups excluding carboxylic acids is 1. The van der Waals surface area contributed by atoms with Gasteiger partial charge in [0.15, 0.2) is 0 Å². The summed E-state index contributed by atoms with van der Waals surface area (Å²) in [7, 11) is 0. The van der Waals surface area contributed by atoms with Crippen molar-refractivity contribution in [2.24, 2.45) is 0 Å². The zero-order chi connectivity index (χ0) is 14.0. The Kier molecular flexibility index (Phi) is 4.04. The van der Waals surface area contributed by atoms with Crippen LogP contribution in [0, 0.1) is 12.7 Å². The van der Waals surface area contributed by atoms with Crippen LogP contribution in [0.5, 0.6) is 0 Å². The van der Waals surface area contributed by atoms with Crippen LogP contribution < -0.4 is 5.73 Å². The van der Waals surface area contributed by atoms with Crippen molar-refractivity contribution >= 4 is 11.6 Å². The summed E-state index contributed by atoms with van der Waals surface area (Å²) in [6, 6.07) is 2.93. The molecule has 1 amide bonds. The van der Waals surface area contributed by atoms with E-state index in [1.165, 1.54) is 12.1 Å². The zero-order valence-electron chi connectivity index (χ0n) is 11.3. The maximum absolute atomic E-state index is 14.1. The molecule has 2 rings (SSSR count). The lowest BCUT2D eigenvalue weighted by Gasteiger charge is -2.22. The first-order valence-electron chi connectivity index (χ1n) is 6.45. The van der Waals surface area contributed by atoms with Gasteiger partial charge in [0.25, 0.3) is 5.91 Å². The van der Waals surface area contributed by atoms with Crippen molar-refractivity contribution in [2.45, 2.75) is 26.4 Å². The number of amides is 1. The molecule has 0 saturated carbocycles. The molecular weight excluding hydrogens is 247 g/mol. The standard InChI is InChI=1S/C14H19FN2O2/c1-9-6-11(16)7-12(13(9)15)14(18)17-4-3-5-19-10(2)8-17/h6-7,10H,3-5,8,16H2,1-2H3. The van der Waals surface area contributed by atoms with E-state index in [0.717, 1.165) is 6.42 Å². The number of nitrogens with zero attached hydrogens (tertiary/aromatic N) is 1. The van der Waals surface area contributed by atoms with Crippen molar-refractivity contribution in [3.05, 3.63) is 29.1 Å². The Balaban J connectivity index is 2.28. The fourth-order valence-corrected chi connectivity index (χ4v) is 2.30. The predicted octanol–water partition coefficient (Wildman–Crippen LogP) is 1.97. The number of rotatable bonds is 1. The van der Waals surface area contributed by atoms with Gasteiger partial charge in [-0.2, -0.15) is 0 Å². The molecule has 1 aliphatic rings. The first kappa shape index (κ1) is 13.8. The minimum absolute atomic E-state index is 0.0309. The Hall–Kier alpha value is -1.62. The van der Waals surface area contributed by atoms with Gasteiger partial charge < -0.3 is 15.4 Å². The van der Waals surface area contributed by atoms with E-state index in [1.807, 2.05) is 6.92 Å². The summed E-state index contributed by atoms with van der Waals surface area (Å²) in [5.74, 6) is -0.803. The van der Waals surface area contributed by atoms with Crippen molar-refractivity contribution in [1.82, 2.24) is 4.90 Å². The largest absolute Gasteiger partial charge is 0.399 e. The quantitative estimate of drug-likeness (QED) is 0.791. The summed E-state index contributed by atoms with van der Waals surface area (Å²) >= 11 is 0. The number of ether oxygens (including phenoxy) is 1. The summed E-state index contributed by atoms with van der Waals surface area (Å²) < 4.78 is 19.5. The van der Waals surface area contributed by atoms with Gasteiger partial charge in [0, 0.05) is 25.4 Å². The van der Waals surface area contributed by atoms with Gasteiger partial charge in [0.05, 0.1) is 11.7 Å². The van der Waals surface area contributed by atoms with Gasteiger partial charge in [0.1, 0.15) is 5.82 Å². The van der Waals surface area contributed by atoms with Crippen LogP contribution in [-0.2, 0) is 4.74 Å². The number of nitrogen functional groups attached to an aromatic ring is 1. The lowest BCUT2D eigenvalue weighted by Crippen LogP contribution is -2.36. The smallest absolute Gasteiger partial charge is 0.257 e. The third-order valence-electron chi connectivity index (χ3n) is 3.25. The molecule has 2 N–H and O–H groups in total. The highest BCUT2D eigenvalue weighted by atomic mass is 19.1. The maximum Gasteiger partial charge on any atom is 0.257 e. The molecule has 1 saturated heterocycles. The van der Waals surface area contributed by atoms with E-state index in [9.17, 15) is 9.18 Å². The Morgan fingerprint density at radius 1 is 1.53 bits per heavy atom. The van der Waals surface area contributed by atoms with E-state index in [1.54, 1.807) is 11.8 Å².